The Kier molecular flexibility index (Phi) is 6.02. The Balaban J connectivity index is 2.75. The molecular formula is C16H25NO3. The molecule has 20 heavy (non-hydrogen) atoms. The van der Waals surface area contributed by atoms with E-state index in [0.29, 0.717) is 13.2 Å². The van der Waals surface area contributed by atoms with Crippen LogP contribution in [0.4, 0.5) is 0 Å². The van der Waals surface area contributed by atoms with Crippen LogP contribution in [0.15, 0.2) is 18.2 Å². The molecule has 4 heteroatoms. The predicted octanol–water partition coefficient (Wildman–Crippen LogP) is 2.61. The maximum atomic E-state index is 12.0. The van der Waals surface area contributed by atoms with Gasteiger partial charge in [-0.3, -0.25) is 5.32 Å². The molecule has 1 unspecified atom stereocenters. The van der Waals surface area contributed by atoms with Gasteiger partial charge in [0.05, 0.1) is 6.61 Å². The van der Waals surface area contributed by atoms with E-state index >= 15 is 0 Å². The highest BCUT2D eigenvalue weighted by molar-refractivity contribution is 5.80. The van der Waals surface area contributed by atoms with Gasteiger partial charge >= 0.3 is 5.97 Å². The summed E-state index contributed by atoms with van der Waals surface area (Å²) >= 11 is 0. The van der Waals surface area contributed by atoms with Crippen LogP contribution in [0.1, 0.15) is 31.9 Å². The van der Waals surface area contributed by atoms with Gasteiger partial charge in [-0.2, -0.15) is 0 Å². The molecule has 1 rings (SSSR count). The normalized spacial score (nSPS) is 13.7. The van der Waals surface area contributed by atoms with Crippen LogP contribution < -0.4 is 10.1 Å². The number of nitrogens with one attached hydrogen (secondary N) is 1. The highest BCUT2D eigenvalue weighted by Gasteiger charge is 2.34. The number of hydrogen-bond acceptors (Lipinski definition) is 4. The minimum atomic E-state index is -0.830. The van der Waals surface area contributed by atoms with Crippen LogP contribution in [0, 0.1) is 13.8 Å². The number of carbonyl (C=O) groups excluding carboxylic acids is 1. The molecule has 0 saturated heterocycles. The zero-order chi connectivity index (χ0) is 15.2. The van der Waals surface area contributed by atoms with E-state index in [1.54, 1.807) is 13.8 Å². The number of ether oxygens (including phenoxy) is 2. The Hall–Kier alpha value is -1.55. The quantitative estimate of drug-likeness (QED) is 0.779. The minimum absolute atomic E-state index is 0.238. The monoisotopic (exact) mass is 279 g/mol. The molecule has 4 nitrogen and oxygen atoms in total. The highest BCUT2D eigenvalue weighted by atomic mass is 16.5. The van der Waals surface area contributed by atoms with E-state index in [1.165, 1.54) is 11.1 Å². The van der Waals surface area contributed by atoms with Crippen molar-refractivity contribution >= 4 is 5.97 Å². The maximum Gasteiger partial charge on any atom is 0.329 e. The van der Waals surface area contributed by atoms with Crippen molar-refractivity contribution in [2.75, 3.05) is 19.8 Å². The average molecular weight is 279 g/mol. The molecule has 0 fully saturated rings. The molecule has 0 bridgehead atoms. The summed E-state index contributed by atoms with van der Waals surface area (Å²) in [5.41, 5.74) is 1.56. The first-order valence-corrected chi connectivity index (χ1v) is 7.05. The predicted molar refractivity (Wildman–Crippen MR) is 80.1 cm³/mol. The first-order valence-electron chi connectivity index (χ1n) is 7.05. The molecule has 1 aromatic carbocycles. The lowest BCUT2D eigenvalue weighted by atomic mass is 10.0. The largest absolute Gasteiger partial charge is 0.491 e. The summed E-state index contributed by atoms with van der Waals surface area (Å²) in [5, 5.41) is 3.14. The third-order valence-corrected chi connectivity index (χ3v) is 3.30. The van der Waals surface area contributed by atoms with Crippen LogP contribution in [0.2, 0.25) is 0 Å². The summed E-state index contributed by atoms with van der Waals surface area (Å²) in [6, 6.07) is 5.91. The molecule has 0 aliphatic carbocycles. The Bertz CT molecular complexity index is 459. The summed E-state index contributed by atoms with van der Waals surface area (Å²) in [4.78, 5) is 12.0. The Labute approximate surface area is 121 Å². The van der Waals surface area contributed by atoms with Crippen molar-refractivity contribution in [3.63, 3.8) is 0 Å². The lowest BCUT2D eigenvalue weighted by Gasteiger charge is -2.28. The molecule has 0 aromatic heterocycles. The van der Waals surface area contributed by atoms with Crippen LogP contribution in [-0.4, -0.2) is 31.3 Å². The lowest BCUT2D eigenvalue weighted by Crippen LogP contribution is -2.54. The van der Waals surface area contributed by atoms with Crippen LogP contribution in [0.5, 0.6) is 5.75 Å². The fourth-order valence-corrected chi connectivity index (χ4v) is 1.89. The van der Waals surface area contributed by atoms with Crippen LogP contribution in [0.25, 0.3) is 0 Å². The van der Waals surface area contributed by atoms with E-state index in [0.717, 1.165) is 5.75 Å². The molecular weight excluding hydrogens is 254 g/mol. The number of benzene rings is 1. The minimum Gasteiger partial charge on any atom is -0.491 e. The van der Waals surface area contributed by atoms with Crippen molar-refractivity contribution in [1.29, 1.82) is 0 Å². The zero-order valence-electron chi connectivity index (χ0n) is 13.1. The second kappa shape index (κ2) is 7.29. The molecule has 0 aliphatic heterocycles. The number of carbonyl (C=O) groups is 1. The summed E-state index contributed by atoms with van der Waals surface area (Å²) in [6.07, 6.45) is 0. The summed E-state index contributed by atoms with van der Waals surface area (Å²) < 4.78 is 10.9. The second-order valence-corrected chi connectivity index (χ2v) is 5.12. The maximum absolute atomic E-state index is 12.0. The van der Waals surface area contributed by atoms with Gasteiger partial charge in [0.2, 0.25) is 0 Å². The van der Waals surface area contributed by atoms with Crippen molar-refractivity contribution in [3.8, 4) is 5.75 Å². The zero-order valence-corrected chi connectivity index (χ0v) is 13.1. The van der Waals surface area contributed by atoms with Gasteiger partial charge in [-0.15, -0.1) is 0 Å². The first kappa shape index (κ1) is 16.5. The van der Waals surface area contributed by atoms with Gasteiger partial charge in [-0.05, 0) is 57.5 Å². The molecule has 0 amide bonds. The molecule has 0 saturated carbocycles. The van der Waals surface area contributed by atoms with Crippen molar-refractivity contribution in [1.82, 2.24) is 5.32 Å². The highest BCUT2D eigenvalue weighted by Crippen LogP contribution is 2.18. The van der Waals surface area contributed by atoms with E-state index in [2.05, 4.69) is 12.2 Å². The second-order valence-electron chi connectivity index (χ2n) is 5.12. The lowest BCUT2D eigenvalue weighted by molar-refractivity contribution is -0.151. The smallest absolute Gasteiger partial charge is 0.329 e. The van der Waals surface area contributed by atoms with Gasteiger partial charge in [-0.25, -0.2) is 4.79 Å². The summed E-state index contributed by atoms with van der Waals surface area (Å²) in [6.45, 7) is 10.9. The molecule has 1 aromatic rings. The molecule has 0 radical (unpaired) electrons. The van der Waals surface area contributed by atoms with Crippen molar-refractivity contribution < 1.29 is 14.3 Å². The van der Waals surface area contributed by atoms with Gasteiger partial charge in [0.1, 0.15) is 17.9 Å². The van der Waals surface area contributed by atoms with Crippen LogP contribution >= 0.6 is 0 Å². The van der Waals surface area contributed by atoms with Gasteiger partial charge in [0.15, 0.2) is 0 Å². The van der Waals surface area contributed by atoms with E-state index in [4.69, 9.17) is 9.47 Å². The number of likely N-dealkylation sites (N-methyl/N-ethyl adjacent to an activating group) is 1. The summed E-state index contributed by atoms with van der Waals surface area (Å²) in [5.74, 6) is 0.479. The topological polar surface area (TPSA) is 47.6 Å². The average Bonchev–Trinajstić information content (AvgIpc) is 2.41. The Morgan fingerprint density at radius 1 is 1.25 bits per heavy atom. The Morgan fingerprint density at radius 2 is 1.95 bits per heavy atom. The molecule has 0 aliphatic rings. The fourth-order valence-electron chi connectivity index (χ4n) is 1.89. The number of rotatable bonds is 7. The molecule has 112 valence electrons. The number of esters is 1. The van der Waals surface area contributed by atoms with Gasteiger partial charge in [0, 0.05) is 0 Å². The van der Waals surface area contributed by atoms with E-state index in [1.807, 2.05) is 32.0 Å². The number of aryl methyl sites for hydroxylation is 2. The molecule has 0 spiro atoms. The van der Waals surface area contributed by atoms with Crippen LogP contribution in [-0.2, 0) is 9.53 Å². The SMILES string of the molecule is CCNC(C)(COc1ccc(C)c(C)c1)C(=O)OCC. The van der Waals surface area contributed by atoms with E-state index < -0.39 is 5.54 Å². The van der Waals surface area contributed by atoms with Crippen LogP contribution in [0.3, 0.4) is 0 Å². The van der Waals surface area contributed by atoms with Gasteiger partial charge < -0.3 is 9.47 Å². The third kappa shape index (κ3) is 4.23. The van der Waals surface area contributed by atoms with E-state index in [-0.39, 0.29) is 12.6 Å². The molecule has 0 heterocycles. The van der Waals surface area contributed by atoms with Crippen molar-refractivity contribution in [3.05, 3.63) is 29.3 Å². The fraction of sp³-hybridized carbons (Fsp3) is 0.562. The third-order valence-electron chi connectivity index (χ3n) is 3.30. The van der Waals surface area contributed by atoms with Gasteiger partial charge in [-0.1, -0.05) is 13.0 Å². The number of hydrogen-bond donors (Lipinski definition) is 1. The van der Waals surface area contributed by atoms with Crippen molar-refractivity contribution in [2.24, 2.45) is 0 Å². The standard InChI is InChI=1S/C16H25NO3/c1-6-17-16(5,15(18)19-7-2)11-20-14-9-8-12(3)13(4)10-14/h8-10,17H,6-7,11H2,1-5H3. The van der Waals surface area contributed by atoms with E-state index in [9.17, 15) is 4.79 Å². The molecule has 1 atom stereocenters. The van der Waals surface area contributed by atoms with Crippen molar-refractivity contribution in [2.45, 2.75) is 40.2 Å². The molecule has 1 N–H and O–H groups in total. The Morgan fingerprint density at radius 3 is 2.50 bits per heavy atom. The first-order chi connectivity index (χ1) is 9.42. The summed E-state index contributed by atoms with van der Waals surface area (Å²) in [7, 11) is 0. The van der Waals surface area contributed by atoms with Gasteiger partial charge in [0.25, 0.3) is 0 Å².